The van der Waals surface area contributed by atoms with Crippen LogP contribution < -0.4 is 9.64 Å². The third kappa shape index (κ3) is 5.04. The maximum Gasteiger partial charge on any atom is 0.335 e. The number of nitriles is 1. The van der Waals surface area contributed by atoms with E-state index < -0.39 is 11.8 Å². The molecule has 42 heavy (non-hydrogen) atoms. The number of nitrogens with zero attached hydrogens (tertiary/aromatic N) is 6. The Kier molecular flexibility index (Phi) is 6.72. The van der Waals surface area contributed by atoms with Crippen LogP contribution in [0, 0.1) is 17.1 Å². The quantitative estimate of drug-likeness (QED) is 0.320. The van der Waals surface area contributed by atoms with Crippen molar-refractivity contribution in [1.82, 2.24) is 19.4 Å². The zero-order chi connectivity index (χ0) is 28.8. The highest BCUT2D eigenvalue weighted by Crippen LogP contribution is 2.40. The number of anilines is 1. The van der Waals surface area contributed by atoms with E-state index in [0.717, 1.165) is 55.2 Å². The highest BCUT2D eigenvalue weighted by Gasteiger charge is 2.49. The van der Waals surface area contributed by atoms with Crippen LogP contribution in [-0.2, 0) is 24.4 Å². The maximum absolute atomic E-state index is 14.3. The highest BCUT2D eigenvalue weighted by atomic mass is 19.1. The molecule has 3 fully saturated rings. The number of carboxylic acids is 1. The molecule has 1 N–H and O–H groups in total. The van der Waals surface area contributed by atoms with Crippen LogP contribution in [0.3, 0.4) is 0 Å². The Labute approximate surface area is 241 Å². The number of imidazole rings is 1. The second-order valence-corrected chi connectivity index (χ2v) is 11.0. The van der Waals surface area contributed by atoms with Crippen molar-refractivity contribution < 1.29 is 23.8 Å². The maximum atomic E-state index is 14.3. The summed E-state index contributed by atoms with van der Waals surface area (Å²) < 4.78 is 27.9. The average molecular weight is 569 g/mol. The van der Waals surface area contributed by atoms with E-state index >= 15 is 0 Å². The van der Waals surface area contributed by atoms with Crippen LogP contribution >= 0.6 is 0 Å². The molecule has 3 aliphatic rings. The molecular weight excluding hydrogens is 539 g/mol. The van der Waals surface area contributed by atoms with Gasteiger partial charge in [-0.05, 0) is 49.2 Å². The minimum Gasteiger partial charge on any atom is -0.478 e. The number of halogens is 1. The van der Waals surface area contributed by atoms with Gasteiger partial charge in [0.25, 0.3) is 0 Å². The van der Waals surface area contributed by atoms with Crippen LogP contribution in [0.2, 0.25) is 0 Å². The van der Waals surface area contributed by atoms with Crippen molar-refractivity contribution in [3.63, 3.8) is 0 Å². The molecular formula is C31H29FN6O4. The summed E-state index contributed by atoms with van der Waals surface area (Å²) in [6, 6.07) is 17.7. The third-order valence-corrected chi connectivity index (χ3v) is 8.38. The van der Waals surface area contributed by atoms with Crippen LogP contribution in [0.15, 0.2) is 54.6 Å². The molecule has 1 aliphatic carbocycles. The Morgan fingerprint density at radius 2 is 2.02 bits per heavy atom. The first-order valence-electron chi connectivity index (χ1n) is 14.1. The van der Waals surface area contributed by atoms with Gasteiger partial charge in [-0.3, -0.25) is 4.90 Å². The molecule has 0 bridgehead atoms. The molecule has 1 saturated carbocycles. The molecule has 10 nitrogen and oxygen atoms in total. The van der Waals surface area contributed by atoms with Gasteiger partial charge in [0.2, 0.25) is 5.88 Å². The number of piperazine rings is 1. The number of benzene rings is 2. The van der Waals surface area contributed by atoms with E-state index in [-0.39, 0.29) is 23.8 Å². The average Bonchev–Trinajstić information content (AvgIpc) is 3.71. The Balaban J connectivity index is 1.04. The second kappa shape index (κ2) is 10.7. The molecule has 2 saturated heterocycles. The monoisotopic (exact) mass is 568 g/mol. The summed E-state index contributed by atoms with van der Waals surface area (Å²) in [7, 11) is 0. The topological polar surface area (TPSA) is 117 Å². The Bertz CT molecular complexity index is 1710. The van der Waals surface area contributed by atoms with E-state index in [2.05, 4.69) is 14.4 Å². The third-order valence-electron chi connectivity index (χ3n) is 8.38. The summed E-state index contributed by atoms with van der Waals surface area (Å²) in [6.07, 6.45) is 2.12. The summed E-state index contributed by atoms with van der Waals surface area (Å²) in [5.74, 6) is 0.746. The van der Waals surface area contributed by atoms with E-state index in [1.807, 2.05) is 18.2 Å². The number of hydrogen-bond donors (Lipinski definition) is 1. The van der Waals surface area contributed by atoms with Crippen LogP contribution in [0.25, 0.3) is 11.0 Å². The normalized spacial score (nSPS) is 21.4. The Hall–Kier alpha value is -4.53. The number of carbonyl (C=O) groups is 1. The van der Waals surface area contributed by atoms with Crippen LogP contribution in [-0.4, -0.2) is 68.4 Å². The lowest BCUT2D eigenvalue weighted by Gasteiger charge is -2.35. The summed E-state index contributed by atoms with van der Waals surface area (Å²) in [6.45, 7) is 3.72. The smallest absolute Gasteiger partial charge is 0.335 e. The zero-order valence-electron chi connectivity index (χ0n) is 22.8. The van der Waals surface area contributed by atoms with Gasteiger partial charge in [-0.25, -0.2) is 14.2 Å². The molecule has 0 radical (unpaired) electrons. The van der Waals surface area contributed by atoms with E-state index in [1.54, 1.807) is 36.4 Å². The molecule has 2 aromatic carbocycles. The number of ether oxygens (including phenoxy) is 2. The number of carboxylic acid groups (broad SMARTS) is 1. The molecule has 214 valence electrons. The number of rotatable bonds is 9. The molecule has 11 heteroatoms. The fourth-order valence-electron chi connectivity index (χ4n) is 5.92. The predicted octanol–water partition coefficient (Wildman–Crippen LogP) is 3.97. The molecule has 7 rings (SSSR count). The molecule has 4 aromatic rings. The van der Waals surface area contributed by atoms with Crippen molar-refractivity contribution in [2.75, 3.05) is 24.6 Å². The standard InChI is InChI=1S/C31H29FN6O4/c32-23-12-19(15-33)4-5-21(23)18-42-30-3-1-2-28(35-30)37-10-9-36(26-14-27(26)37)17-29-34-24-7-6-20(31(39)40)13-25(24)38(29)16-22-8-11-41-22/h1-7,12-13,22,26-27H,8-11,14,16-18H2,(H,39,40)/t22-,26+,27-/m0/s1. The number of fused-ring (bicyclic) bond motifs is 2. The lowest BCUT2D eigenvalue weighted by atomic mass is 10.1. The van der Waals surface area contributed by atoms with Gasteiger partial charge in [0, 0.05) is 43.4 Å². The predicted molar refractivity (Wildman–Crippen MR) is 151 cm³/mol. The summed E-state index contributed by atoms with van der Waals surface area (Å²) >= 11 is 0. The molecule has 0 amide bonds. The first-order chi connectivity index (χ1) is 20.5. The Morgan fingerprint density at radius 3 is 2.79 bits per heavy atom. The van der Waals surface area contributed by atoms with Gasteiger partial charge < -0.3 is 24.0 Å². The van der Waals surface area contributed by atoms with Crippen molar-refractivity contribution in [2.45, 2.75) is 50.7 Å². The van der Waals surface area contributed by atoms with E-state index in [4.69, 9.17) is 24.7 Å². The minimum absolute atomic E-state index is 0.0225. The molecule has 4 heterocycles. The first-order valence-corrected chi connectivity index (χ1v) is 14.1. The van der Waals surface area contributed by atoms with E-state index in [0.29, 0.717) is 36.6 Å². The summed E-state index contributed by atoms with van der Waals surface area (Å²) in [5, 5.41) is 18.5. The number of aromatic carboxylic acids is 1. The highest BCUT2D eigenvalue weighted by molar-refractivity contribution is 5.92. The van der Waals surface area contributed by atoms with Gasteiger partial charge in [0.1, 0.15) is 24.1 Å². The lowest BCUT2D eigenvalue weighted by molar-refractivity contribution is -0.0592. The SMILES string of the molecule is N#Cc1ccc(COc2cccc(N3CCN(Cc4nc5ccc(C(=O)O)cc5n4C[C@@H]4CCO4)[C@@H]4C[C@@H]43)n2)c(F)c1. The summed E-state index contributed by atoms with van der Waals surface area (Å²) in [5.41, 5.74) is 2.51. The van der Waals surface area contributed by atoms with Crippen LogP contribution in [0.4, 0.5) is 10.2 Å². The zero-order valence-corrected chi connectivity index (χ0v) is 22.8. The number of pyridine rings is 1. The largest absolute Gasteiger partial charge is 0.478 e. The van der Waals surface area contributed by atoms with Gasteiger partial charge in [-0.15, -0.1) is 0 Å². The minimum atomic E-state index is -0.951. The Morgan fingerprint density at radius 1 is 1.14 bits per heavy atom. The molecule has 2 aliphatic heterocycles. The van der Waals surface area contributed by atoms with E-state index in [1.165, 1.54) is 6.07 Å². The van der Waals surface area contributed by atoms with Crippen molar-refractivity contribution in [3.8, 4) is 11.9 Å². The summed E-state index contributed by atoms with van der Waals surface area (Å²) in [4.78, 5) is 26.0. The van der Waals surface area contributed by atoms with Gasteiger partial charge in [0.05, 0.1) is 47.4 Å². The number of hydrogen-bond acceptors (Lipinski definition) is 8. The molecule has 3 atom stereocenters. The van der Waals surface area contributed by atoms with Crippen molar-refractivity contribution >= 4 is 22.8 Å². The van der Waals surface area contributed by atoms with Crippen LogP contribution in [0.5, 0.6) is 5.88 Å². The fourth-order valence-corrected chi connectivity index (χ4v) is 5.92. The van der Waals surface area contributed by atoms with Gasteiger partial charge >= 0.3 is 5.97 Å². The van der Waals surface area contributed by atoms with Gasteiger partial charge in [0.15, 0.2) is 0 Å². The first kappa shape index (κ1) is 26.4. The van der Waals surface area contributed by atoms with Gasteiger partial charge in [-0.2, -0.15) is 10.2 Å². The lowest BCUT2D eigenvalue weighted by Crippen LogP contribution is -2.46. The van der Waals surface area contributed by atoms with Crippen LogP contribution in [0.1, 0.15) is 40.2 Å². The number of aromatic nitrogens is 3. The fraction of sp³-hybridized carbons (Fsp3) is 0.355. The second-order valence-electron chi connectivity index (χ2n) is 11.0. The van der Waals surface area contributed by atoms with Crippen molar-refractivity contribution in [1.29, 1.82) is 5.26 Å². The van der Waals surface area contributed by atoms with Gasteiger partial charge in [-0.1, -0.05) is 12.1 Å². The van der Waals surface area contributed by atoms with Crippen molar-refractivity contribution in [2.24, 2.45) is 0 Å². The molecule has 0 unspecified atom stereocenters. The molecule has 2 aromatic heterocycles. The van der Waals surface area contributed by atoms with Crippen molar-refractivity contribution in [3.05, 3.63) is 82.9 Å². The molecule has 0 spiro atoms. The van der Waals surface area contributed by atoms with E-state index in [9.17, 15) is 14.3 Å².